The summed E-state index contributed by atoms with van der Waals surface area (Å²) in [4.78, 5) is 0. The lowest BCUT2D eigenvalue weighted by Gasteiger charge is -2.21. The van der Waals surface area contributed by atoms with Gasteiger partial charge in [0.2, 0.25) is 0 Å². The van der Waals surface area contributed by atoms with Crippen LogP contribution >= 0.6 is 43.6 Å². The summed E-state index contributed by atoms with van der Waals surface area (Å²) in [5.74, 6) is 3.22. The van der Waals surface area contributed by atoms with Gasteiger partial charge in [-0.15, -0.1) is 0 Å². The molecule has 1 aromatic carbocycles. The Balaban J connectivity index is 2.58. The molecule has 0 spiro atoms. The normalized spacial score (nSPS) is 11.7. The zero-order chi connectivity index (χ0) is 15.9. The van der Waals surface area contributed by atoms with E-state index in [0.29, 0.717) is 0 Å². The average molecular weight is 439 g/mol. The molecule has 1 rings (SSSR count). The summed E-state index contributed by atoms with van der Waals surface area (Å²) in [7, 11) is 0. The van der Waals surface area contributed by atoms with E-state index in [2.05, 4.69) is 77.0 Å². The molecule has 0 atom stereocenters. The summed E-state index contributed by atoms with van der Waals surface area (Å²) in [5.41, 5.74) is 1.35. The Bertz CT molecular complexity index is 423. The molecule has 0 saturated heterocycles. The third-order valence-corrected chi connectivity index (χ3v) is 4.93. The summed E-state index contributed by atoms with van der Waals surface area (Å²) >= 11 is 9.18. The molecule has 0 radical (unpaired) electrons. The van der Waals surface area contributed by atoms with Gasteiger partial charge in [0.15, 0.2) is 0 Å². The van der Waals surface area contributed by atoms with Crippen molar-refractivity contribution in [3.8, 4) is 5.75 Å². The monoisotopic (exact) mass is 437 g/mol. The first-order valence-corrected chi connectivity index (χ1v) is 10.0. The summed E-state index contributed by atoms with van der Waals surface area (Å²) in [6.07, 6.45) is 1.07. The zero-order valence-corrected chi connectivity index (χ0v) is 17.3. The van der Waals surface area contributed by atoms with E-state index in [0.717, 1.165) is 40.0 Å². The van der Waals surface area contributed by atoms with Crippen LogP contribution < -0.4 is 10.1 Å². The highest BCUT2D eigenvalue weighted by Crippen LogP contribution is 2.35. The highest BCUT2D eigenvalue weighted by atomic mass is 79.9. The Hall–Kier alpha value is 0.290. The van der Waals surface area contributed by atoms with E-state index in [1.807, 2.05) is 11.8 Å². The van der Waals surface area contributed by atoms with Crippen LogP contribution in [0.5, 0.6) is 5.75 Å². The first-order chi connectivity index (χ1) is 9.83. The molecule has 0 heterocycles. The standard InChI is InChI=1S/C16H25Br2NOS/c1-5-21-8-6-7-20-15-13(17)9-12(10-14(15)18)11-19-16(2,3)4/h9-10,19H,5-8,11H2,1-4H3. The molecule has 0 saturated carbocycles. The van der Waals surface area contributed by atoms with Crippen LogP contribution in [0.1, 0.15) is 39.7 Å². The second kappa shape index (κ2) is 9.43. The van der Waals surface area contributed by atoms with Crippen molar-refractivity contribution in [2.45, 2.75) is 46.2 Å². The van der Waals surface area contributed by atoms with E-state index in [1.54, 1.807) is 0 Å². The van der Waals surface area contributed by atoms with E-state index in [1.165, 1.54) is 11.3 Å². The number of hydrogen-bond donors (Lipinski definition) is 1. The Morgan fingerprint density at radius 1 is 1.19 bits per heavy atom. The van der Waals surface area contributed by atoms with E-state index in [4.69, 9.17) is 4.74 Å². The fourth-order valence-electron chi connectivity index (χ4n) is 1.70. The summed E-state index contributed by atoms with van der Waals surface area (Å²) in [6, 6.07) is 4.25. The highest BCUT2D eigenvalue weighted by molar-refractivity contribution is 9.11. The van der Waals surface area contributed by atoms with Crippen LogP contribution in [0.15, 0.2) is 21.1 Å². The molecule has 0 amide bonds. The van der Waals surface area contributed by atoms with E-state index >= 15 is 0 Å². The lowest BCUT2D eigenvalue weighted by atomic mass is 10.1. The van der Waals surface area contributed by atoms with Crippen LogP contribution in [0.25, 0.3) is 0 Å². The predicted molar refractivity (Wildman–Crippen MR) is 102 cm³/mol. The Morgan fingerprint density at radius 2 is 1.81 bits per heavy atom. The van der Waals surface area contributed by atoms with Gasteiger partial charge in [-0.1, -0.05) is 6.92 Å². The van der Waals surface area contributed by atoms with Crippen molar-refractivity contribution in [2.75, 3.05) is 18.1 Å². The van der Waals surface area contributed by atoms with Crippen LogP contribution in [-0.2, 0) is 6.54 Å². The van der Waals surface area contributed by atoms with Gasteiger partial charge in [0.05, 0.1) is 15.6 Å². The van der Waals surface area contributed by atoms with Crippen molar-refractivity contribution in [1.82, 2.24) is 5.32 Å². The number of thioether (sulfide) groups is 1. The number of hydrogen-bond acceptors (Lipinski definition) is 3. The van der Waals surface area contributed by atoms with Crippen molar-refractivity contribution in [2.24, 2.45) is 0 Å². The minimum atomic E-state index is 0.116. The molecule has 2 nitrogen and oxygen atoms in total. The van der Waals surface area contributed by atoms with E-state index in [-0.39, 0.29) is 5.54 Å². The lowest BCUT2D eigenvalue weighted by molar-refractivity contribution is 0.314. The van der Waals surface area contributed by atoms with E-state index < -0.39 is 0 Å². The lowest BCUT2D eigenvalue weighted by Crippen LogP contribution is -2.35. The van der Waals surface area contributed by atoms with Crippen molar-refractivity contribution in [3.05, 3.63) is 26.6 Å². The van der Waals surface area contributed by atoms with E-state index in [9.17, 15) is 0 Å². The largest absolute Gasteiger partial charge is 0.491 e. The SMILES string of the molecule is CCSCCCOc1c(Br)cc(CNC(C)(C)C)cc1Br. The molecular formula is C16H25Br2NOS. The second-order valence-corrected chi connectivity index (χ2v) is 8.99. The minimum absolute atomic E-state index is 0.116. The average Bonchev–Trinajstić information content (AvgIpc) is 2.38. The van der Waals surface area contributed by atoms with Gasteiger partial charge in [-0.25, -0.2) is 0 Å². The van der Waals surface area contributed by atoms with Crippen LogP contribution in [0.4, 0.5) is 0 Å². The van der Waals surface area contributed by atoms with Crippen molar-refractivity contribution < 1.29 is 4.74 Å². The smallest absolute Gasteiger partial charge is 0.147 e. The third-order valence-electron chi connectivity index (χ3n) is 2.76. The minimum Gasteiger partial charge on any atom is -0.491 e. The maximum absolute atomic E-state index is 5.89. The number of nitrogens with one attached hydrogen (secondary N) is 1. The Labute approximate surface area is 150 Å². The molecule has 120 valence electrons. The molecule has 0 fully saturated rings. The second-order valence-electron chi connectivity index (χ2n) is 5.89. The number of ether oxygens (including phenoxy) is 1. The van der Waals surface area contributed by atoms with Crippen molar-refractivity contribution in [1.29, 1.82) is 0 Å². The fourth-order valence-corrected chi connectivity index (χ4v) is 3.82. The molecule has 0 aromatic heterocycles. The molecule has 1 N–H and O–H groups in total. The number of rotatable bonds is 8. The molecule has 21 heavy (non-hydrogen) atoms. The van der Waals surface area contributed by atoms with Crippen molar-refractivity contribution >= 4 is 43.6 Å². The molecule has 5 heteroatoms. The van der Waals surface area contributed by atoms with Gasteiger partial charge < -0.3 is 10.1 Å². The van der Waals surface area contributed by atoms with Crippen molar-refractivity contribution in [3.63, 3.8) is 0 Å². The number of halogens is 2. The van der Waals surface area contributed by atoms with Gasteiger partial charge in [-0.05, 0) is 88.3 Å². The first kappa shape index (κ1) is 19.3. The Morgan fingerprint density at radius 3 is 2.33 bits per heavy atom. The van der Waals surface area contributed by atoms with Gasteiger partial charge in [0.1, 0.15) is 5.75 Å². The quantitative estimate of drug-likeness (QED) is 0.532. The molecule has 0 aliphatic heterocycles. The predicted octanol–water partition coefficient (Wildman–Crippen LogP) is 5.62. The summed E-state index contributed by atoms with van der Waals surface area (Å²) in [6.45, 7) is 10.3. The summed E-state index contributed by atoms with van der Waals surface area (Å²) < 4.78 is 7.90. The summed E-state index contributed by atoms with van der Waals surface area (Å²) in [5, 5.41) is 3.49. The Kier molecular flexibility index (Phi) is 8.69. The van der Waals surface area contributed by atoms with Crippen LogP contribution in [0.3, 0.4) is 0 Å². The molecule has 0 aliphatic carbocycles. The fraction of sp³-hybridized carbons (Fsp3) is 0.625. The van der Waals surface area contributed by atoms with Crippen LogP contribution in [-0.4, -0.2) is 23.7 Å². The van der Waals surface area contributed by atoms with Gasteiger partial charge in [-0.2, -0.15) is 11.8 Å². The molecule has 1 aromatic rings. The third kappa shape index (κ3) is 7.91. The maximum atomic E-state index is 5.89. The van der Waals surface area contributed by atoms with Crippen LogP contribution in [0.2, 0.25) is 0 Å². The topological polar surface area (TPSA) is 21.3 Å². The molecular weight excluding hydrogens is 414 g/mol. The van der Waals surface area contributed by atoms with Crippen LogP contribution in [0, 0.1) is 0 Å². The number of benzene rings is 1. The molecule has 0 unspecified atom stereocenters. The zero-order valence-electron chi connectivity index (χ0n) is 13.3. The molecule has 0 bridgehead atoms. The highest BCUT2D eigenvalue weighted by Gasteiger charge is 2.12. The van der Waals surface area contributed by atoms with Gasteiger partial charge in [-0.3, -0.25) is 0 Å². The first-order valence-electron chi connectivity index (χ1n) is 7.27. The molecule has 0 aliphatic rings. The van der Waals surface area contributed by atoms with Gasteiger partial charge in [0, 0.05) is 12.1 Å². The maximum Gasteiger partial charge on any atom is 0.147 e. The van der Waals surface area contributed by atoms with Gasteiger partial charge in [0.25, 0.3) is 0 Å². The van der Waals surface area contributed by atoms with Gasteiger partial charge >= 0.3 is 0 Å².